The van der Waals surface area contributed by atoms with E-state index in [9.17, 15) is 19.7 Å². The number of thiazole rings is 1. The van der Waals surface area contributed by atoms with Gasteiger partial charge in [-0.05, 0) is 49.8 Å². The number of aromatic nitrogens is 2. The number of allylic oxidation sites excluding steroid dienone is 1. The van der Waals surface area contributed by atoms with Crippen LogP contribution in [0.5, 0.6) is 5.75 Å². The van der Waals surface area contributed by atoms with Crippen molar-refractivity contribution in [2.24, 2.45) is 4.99 Å². The van der Waals surface area contributed by atoms with E-state index in [-0.39, 0.29) is 29.3 Å². The zero-order valence-electron chi connectivity index (χ0n) is 24.2. The lowest BCUT2D eigenvalue weighted by atomic mass is 9.96. The molecule has 2 aromatic heterocycles. The number of carbonyl (C=O) groups is 1. The van der Waals surface area contributed by atoms with Gasteiger partial charge in [0.15, 0.2) is 4.80 Å². The van der Waals surface area contributed by atoms with Crippen molar-refractivity contribution in [1.29, 1.82) is 0 Å². The maximum atomic E-state index is 14.2. The van der Waals surface area contributed by atoms with E-state index in [1.165, 1.54) is 22.0 Å². The van der Waals surface area contributed by atoms with Gasteiger partial charge in [0, 0.05) is 28.2 Å². The maximum Gasteiger partial charge on any atom is 0.338 e. The number of nitro groups is 1. The molecule has 0 N–H and O–H groups in total. The van der Waals surface area contributed by atoms with Crippen LogP contribution in [0.4, 0.5) is 5.69 Å². The lowest BCUT2D eigenvalue weighted by Crippen LogP contribution is -2.40. The number of para-hydroxylation sites is 2. The molecule has 5 aromatic rings. The average Bonchev–Trinajstić information content (AvgIpc) is 3.52. The van der Waals surface area contributed by atoms with Gasteiger partial charge in [-0.25, -0.2) is 9.79 Å². The first-order valence-corrected chi connectivity index (χ1v) is 14.8. The molecule has 0 unspecified atom stereocenters. The number of hydrogen-bond donors (Lipinski definition) is 0. The summed E-state index contributed by atoms with van der Waals surface area (Å²) in [7, 11) is 1.57. The molecule has 0 aliphatic carbocycles. The van der Waals surface area contributed by atoms with Gasteiger partial charge in [-0.1, -0.05) is 59.9 Å². The summed E-state index contributed by atoms with van der Waals surface area (Å²) >= 11 is 1.22. The van der Waals surface area contributed by atoms with E-state index in [0.29, 0.717) is 43.2 Å². The minimum absolute atomic E-state index is 0.0251. The first-order valence-electron chi connectivity index (χ1n) is 13.9. The molecule has 0 amide bonds. The Bertz CT molecular complexity index is 2140. The third-order valence-electron chi connectivity index (χ3n) is 7.59. The number of esters is 1. The largest absolute Gasteiger partial charge is 0.497 e. The predicted molar refractivity (Wildman–Crippen MR) is 168 cm³/mol. The van der Waals surface area contributed by atoms with E-state index in [1.807, 2.05) is 47.0 Å². The molecule has 222 valence electrons. The Morgan fingerprint density at radius 1 is 1.09 bits per heavy atom. The third kappa shape index (κ3) is 5.11. The molecular weight excluding hydrogens is 580 g/mol. The van der Waals surface area contributed by atoms with Gasteiger partial charge in [0.25, 0.3) is 11.2 Å². The number of rotatable bonds is 8. The van der Waals surface area contributed by atoms with Crippen molar-refractivity contribution in [1.82, 2.24) is 9.13 Å². The second kappa shape index (κ2) is 11.8. The van der Waals surface area contributed by atoms with Crippen molar-refractivity contribution in [3.8, 4) is 5.75 Å². The topological polar surface area (TPSA) is 118 Å². The van der Waals surface area contributed by atoms with Gasteiger partial charge in [-0.3, -0.25) is 19.5 Å². The molecule has 0 radical (unpaired) electrons. The monoisotopic (exact) mass is 608 g/mol. The molecule has 11 heteroatoms. The highest BCUT2D eigenvalue weighted by Crippen LogP contribution is 2.32. The minimum Gasteiger partial charge on any atom is -0.497 e. The summed E-state index contributed by atoms with van der Waals surface area (Å²) in [6, 6.07) is 22.8. The molecule has 0 bridgehead atoms. The number of ether oxygens (including phenoxy) is 2. The minimum atomic E-state index is -0.754. The van der Waals surface area contributed by atoms with Crippen LogP contribution >= 0.6 is 11.3 Å². The molecule has 3 aromatic carbocycles. The van der Waals surface area contributed by atoms with E-state index in [0.717, 1.165) is 10.9 Å². The molecule has 0 spiro atoms. The molecule has 10 nitrogen and oxygen atoms in total. The van der Waals surface area contributed by atoms with Crippen LogP contribution in [0, 0.1) is 10.1 Å². The molecule has 0 saturated carbocycles. The average molecular weight is 609 g/mol. The summed E-state index contributed by atoms with van der Waals surface area (Å²) in [6.45, 7) is 3.88. The van der Waals surface area contributed by atoms with E-state index in [2.05, 4.69) is 4.99 Å². The molecule has 1 aliphatic heterocycles. The van der Waals surface area contributed by atoms with E-state index >= 15 is 0 Å². The van der Waals surface area contributed by atoms with E-state index in [1.54, 1.807) is 57.4 Å². The summed E-state index contributed by atoms with van der Waals surface area (Å²) in [5.41, 5.74) is 3.32. The second-order valence-corrected chi connectivity index (χ2v) is 11.2. The van der Waals surface area contributed by atoms with Crippen LogP contribution in [0.15, 0.2) is 99.9 Å². The summed E-state index contributed by atoms with van der Waals surface area (Å²) in [4.78, 5) is 43.9. The fourth-order valence-corrected chi connectivity index (χ4v) is 6.58. The standard InChI is InChI=1S/C33H28N4O6S/c1-4-43-32(39)29-20(2)34-33-36(30(29)21-13-15-25(42-3)16-14-21)31(38)28(44-33)18-24-17-22-9-5-7-11-26(22)35(24)19-23-10-6-8-12-27(23)37(40)41/h5-18,30H,4,19H2,1-3H3/t30-/m0/s1. The Morgan fingerprint density at radius 3 is 2.55 bits per heavy atom. The number of fused-ring (bicyclic) bond motifs is 2. The Kier molecular flexibility index (Phi) is 7.71. The van der Waals surface area contributed by atoms with Crippen molar-refractivity contribution in [2.75, 3.05) is 13.7 Å². The molecule has 3 heterocycles. The quantitative estimate of drug-likeness (QED) is 0.143. The van der Waals surface area contributed by atoms with Gasteiger partial charge < -0.3 is 14.0 Å². The van der Waals surface area contributed by atoms with Crippen molar-refractivity contribution in [2.45, 2.75) is 26.4 Å². The second-order valence-electron chi connectivity index (χ2n) is 10.2. The van der Waals surface area contributed by atoms with E-state index in [4.69, 9.17) is 9.47 Å². The summed E-state index contributed by atoms with van der Waals surface area (Å²) < 4.78 is 14.6. The van der Waals surface area contributed by atoms with Crippen LogP contribution in [0.3, 0.4) is 0 Å². The van der Waals surface area contributed by atoms with Gasteiger partial charge in [0.1, 0.15) is 5.75 Å². The highest BCUT2D eigenvalue weighted by Gasteiger charge is 2.33. The van der Waals surface area contributed by atoms with Crippen LogP contribution in [0.25, 0.3) is 17.0 Å². The molecule has 44 heavy (non-hydrogen) atoms. The maximum absolute atomic E-state index is 14.2. The Morgan fingerprint density at radius 2 is 1.82 bits per heavy atom. The van der Waals surface area contributed by atoms with Crippen molar-refractivity contribution in [3.63, 3.8) is 0 Å². The molecule has 1 aliphatic rings. The lowest BCUT2D eigenvalue weighted by molar-refractivity contribution is -0.385. The van der Waals surface area contributed by atoms with Gasteiger partial charge in [0.05, 0.1) is 47.0 Å². The molecular formula is C33H28N4O6S. The number of hydrogen-bond acceptors (Lipinski definition) is 8. The fourth-order valence-electron chi connectivity index (χ4n) is 5.55. The first-order chi connectivity index (χ1) is 21.3. The summed E-state index contributed by atoms with van der Waals surface area (Å²) in [5.74, 6) is 0.111. The number of nitro benzene ring substituents is 1. The van der Waals surface area contributed by atoms with Crippen LogP contribution < -0.4 is 19.6 Å². The van der Waals surface area contributed by atoms with Gasteiger partial charge in [0.2, 0.25) is 0 Å². The van der Waals surface area contributed by atoms with E-state index < -0.39 is 12.0 Å². The highest BCUT2D eigenvalue weighted by molar-refractivity contribution is 7.07. The Balaban J connectivity index is 1.54. The third-order valence-corrected chi connectivity index (χ3v) is 8.57. The normalized spacial score (nSPS) is 14.8. The number of benzene rings is 3. The molecule has 0 saturated heterocycles. The van der Waals surface area contributed by atoms with Crippen LogP contribution in [0.1, 0.15) is 36.7 Å². The number of methoxy groups -OCH3 is 1. The first kappa shape index (κ1) is 28.8. The Labute approximate surface area is 255 Å². The summed E-state index contributed by atoms with van der Waals surface area (Å²) in [6.07, 6.45) is 1.78. The van der Waals surface area contributed by atoms with Crippen LogP contribution in [0.2, 0.25) is 0 Å². The molecule has 1 atom stereocenters. The summed E-state index contributed by atoms with van der Waals surface area (Å²) in [5, 5.41) is 12.7. The SMILES string of the molecule is CCOC(=O)C1=C(C)N=c2sc(=Cc3cc4ccccc4n3Cc3ccccc3[N+](=O)[O-])c(=O)n2[C@H]1c1ccc(OC)cc1. The molecule has 6 rings (SSSR count). The van der Waals surface area contributed by atoms with Gasteiger partial charge in [-0.15, -0.1) is 0 Å². The number of carbonyl (C=O) groups excluding carboxylic acids is 1. The lowest BCUT2D eigenvalue weighted by Gasteiger charge is -2.24. The van der Waals surface area contributed by atoms with Gasteiger partial charge in [-0.2, -0.15) is 0 Å². The smallest absolute Gasteiger partial charge is 0.338 e. The fraction of sp³-hybridized carbons (Fsp3) is 0.182. The Hall–Kier alpha value is -5.29. The van der Waals surface area contributed by atoms with Crippen LogP contribution in [-0.2, 0) is 16.1 Å². The molecule has 0 fully saturated rings. The van der Waals surface area contributed by atoms with Gasteiger partial charge >= 0.3 is 5.97 Å². The van der Waals surface area contributed by atoms with Crippen molar-refractivity contribution >= 4 is 40.0 Å². The highest BCUT2D eigenvalue weighted by atomic mass is 32.1. The predicted octanol–water partition coefficient (Wildman–Crippen LogP) is 4.72. The van der Waals surface area contributed by atoms with Crippen LogP contribution in [-0.4, -0.2) is 33.7 Å². The number of nitrogens with zero attached hydrogens (tertiary/aromatic N) is 4. The zero-order chi connectivity index (χ0) is 31.0. The van der Waals surface area contributed by atoms with Crippen molar-refractivity contribution in [3.05, 3.63) is 137 Å². The van der Waals surface area contributed by atoms with Crippen molar-refractivity contribution < 1.29 is 19.2 Å². The zero-order valence-corrected chi connectivity index (χ0v) is 25.0.